The van der Waals surface area contributed by atoms with Gasteiger partial charge in [-0.2, -0.15) is 0 Å². The SMILES string of the molecule is Cc1ccc(C#CCN)cc1C(=O)NCc1ccccc1. The number of benzene rings is 2. The fourth-order valence-electron chi connectivity index (χ4n) is 1.97. The molecule has 0 atom stereocenters. The molecule has 2 aromatic carbocycles. The molecule has 0 aliphatic carbocycles. The Labute approximate surface area is 125 Å². The van der Waals surface area contributed by atoms with Crippen molar-refractivity contribution in [3.8, 4) is 11.8 Å². The van der Waals surface area contributed by atoms with Gasteiger partial charge < -0.3 is 11.1 Å². The molecule has 2 rings (SSSR count). The molecule has 3 heteroatoms. The van der Waals surface area contributed by atoms with Gasteiger partial charge in [0.25, 0.3) is 5.91 Å². The number of aryl methyl sites for hydroxylation is 1. The van der Waals surface area contributed by atoms with Crippen LogP contribution >= 0.6 is 0 Å². The third-order valence-corrected chi connectivity index (χ3v) is 3.11. The number of carbonyl (C=O) groups excluding carboxylic acids is 1. The smallest absolute Gasteiger partial charge is 0.251 e. The predicted octanol–water partition coefficient (Wildman–Crippen LogP) is 2.24. The Bertz CT molecular complexity index is 681. The van der Waals surface area contributed by atoms with Crippen molar-refractivity contribution in [1.29, 1.82) is 0 Å². The first kappa shape index (κ1) is 14.8. The average molecular weight is 278 g/mol. The number of hydrogen-bond acceptors (Lipinski definition) is 2. The van der Waals surface area contributed by atoms with Crippen molar-refractivity contribution in [2.45, 2.75) is 13.5 Å². The molecule has 0 spiro atoms. The third-order valence-electron chi connectivity index (χ3n) is 3.11. The van der Waals surface area contributed by atoms with Crippen LogP contribution in [0.25, 0.3) is 0 Å². The quantitative estimate of drug-likeness (QED) is 0.846. The summed E-state index contributed by atoms with van der Waals surface area (Å²) in [6.45, 7) is 2.73. The minimum absolute atomic E-state index is 0.0900. The van der Waals surface area contributed by atoms with Gasteiger partial charge in [-0.3, -0.25) is 4.79 Å². The number of rotatable bonds is 3. The van der Waals surface area contributed by atoms with Crippen molar-refractivity contribution in [3.05, 3.63) is 70.8 Å². The molecular weight excluding hydrogens is 260 g/mol. The van der Waals surface area contributed by atoms with E-state index in [1.54, 1.807) is 6.07 Å². The predicted molar refractivity (Wildman–Crippen MR) is 84.7 cm³/mol. The first-order chi connectivity index (χ1) is 10.2. The second kappa shape index (κ2) is 7.28. The van der Waals surface area contributed by atoms with Crippen LogP contribution in [0.3, 0.4) is 0 Å². The van der Waals surface area contributed by atoms with Crippen LogP contribution in [-0.2, 0) is 6.54 Å². The lowest BCUT2D eigenvalue weighted by Crippen LogP contribution is -2.23. The van der Waals surface area contributed by atoms with Crippen molar-refractivity contribution in [2.24, 2.45) is 5.73 Å². The van der Waals surface area contributed by atoms with Crippen LogP contribution in [0.5, 0.6) is 0 Å². The molecule has 0 heterocycles. The first-order valence-electron chi connectivity index (χ1n) is 6.82. The normalized spacial score (nSPS) is 9.62. The Morgan fingerprint density at radius 3 is 2.67 bits per heavy atom. The van der Waals surface area contributed by atoms with E-state index in [1.807, 2.05) is 49.4 Å². The summed E-state index contributed by atoms with van der Waals surface area (Å²) in [6, 6.07) is 15.4. The lowest BCUT2D eigenvalue weighted by molar-refractivity contribution is 0.0950. The van der Waals surface area contributed by atoms with Crippen LogP contribution in [0.1, 0.15) is 27.0 Å². The first-order valence-corrected chi connectivity index (χ1v) is 6.82. The van der Waals surface area contributed by atoms with Gasteiger partial charge in [-0.25, -0.2) is 0 Å². The number of nitrogens with two attached hydrogens (primary N) is 1. The van der Waals surface area contributed by atoms with Gasteiger partial charge in [0.1, 0.15) is 0 Å². The molecule has 0 aliphatic heterocycles. The standard InChI is InChI=1S/C18H18N2O/c1-14-9-10-15(8-5-11-19)12-17(14)18(21)20-13-16-6-3-2-4-7-16/h2-4,6-7,9-10,12H,11,13,19H2,1H3,(H,20,21). The Hall–Kier alpha value is -2.57. The molecule has 0 saturated heterocycles. The molecule has 2 aromatic rings. The lowest BCUT2D eigenvalue weighted by atomic mass is 10.0. The summed E-state index contributed by atoms with van der Waals surface area (Å²) in [6.07, 6.45) is 0. The molecule has 3 N–H and O–H groups in total. The molecule has 0 unspecified atom stereocenters. The summed E-state index contributed by atoms with van der Waals surface area (Å²) < 4.78 is 0. The summed E-state index contributed by atoms with van der Waals surface area (Å²) in [7, 11) is 0. The second-order valence-corrected chi connectivity index (χ2v) is 4.70. The minimum atomic E-state index is -0.0900. The van der Waals surface area contributed by atoms with Gasteiger partial charge in [-0.1, -0.05) is 48.2 Å². The van der Waals surface area contributed by atoms with E-state index in [2.05, 4.69) is 17.2 Å². The fourth-order valence-corrected chi connectivity index (χ4v) is 1.97. The van der Waals surface area contributed by atoms with E-state index in [0.29, 0.717) is 18.7 Å². The molecule has 0 aliphatic rings. The van der Waals surface area contributed by atoms with E-state index < -0.39 is 0 Å². The van der Waals surface area contributed by atoms with Gasteiger partial charge in [-0.15, -0.1) is 0 Å². The molecule has 21 heavy (non-hydrogen) atoms. The maximum Gasteiger partial charge on any atom is 0.251 e. The molecule has 0 aromatic heterocycles. The molecule has 1 amide bonds. The van der Waals surface area contributed by atoms with Crippen LogP contribution in [0.2, 0.25) is 0 Å². The van der Waals surface area contributed by atoms with Crippen LogP contribution in [-0.4, -0.2) is 12.5 Å². The lowest BCUT2D eigenvalue weighted by Gasteiger charge is -2.08. The fraction of sp³-hybridized carbons (Fsp3) is 0.167. The van der Waals surface area contributed by atoms with Crippen LogP contribution in [0.4, 0.5) is 0 Å². The minimum Gasteiger partial charge on any atom is -0.348 e. The summed E-state index contributed by atoms with van der Waals surface area (Å²) in [4.78, 5) is 12.3. The van der Waals surface area contributed by atoms with Gasteiger partial charge in [0.2, 0.25) is 0 Å². The molecular formula is C18H18N2O. The van der Waals surface area contributed by atoms with Crippen molar-refractivity contribution in [3.63, 3.8) is 0 Å². The van der Waals surface area contributed by atoms with Gasteiger partial charge in [-0.05, 0) is 30.2 Å². The zero-order valence-electron chi connectivity index (χ0n) is 12.0. The van der Waals surface area contributed by atoms with Gasteiger partial charge >= 0.3 is 0 Å². The van der Waals surface area contributed by atoms with Crippen LogP contribution in [0.15, 0.2) is 48.5 Å². The van der Waals surface area contributed by atoms with Gasteiger partial charge in [0, 0.05) is 17.7 Å². The molecule has 3 nitrogen and oxygen atoms in total. The highest BCUT2D eigenvalue weighted by atomic mass is 16.1. The summed E-state index contributed by atoms with van der Waals surface area (Å²) >= 11 is 0. The largest absolute Gasteiger partial charge is 0.348 e. The van der Waals surface area contributed by atoms with Gasteiger partial charge in [0.15, 0.2) is 0 Å². The number of nitrogens with one attached hydrogen (secondary N) is 1. The van der Waals surface area contributed by atoms with Crippen molar-refractivity contribution >= 4 is 5.91 Å². The van der Waals surface area contributed by atoms with Crippen LogP contribution < -0.4 is 11.1 Å². The van der Waals surface area contributed by atoms with Gasteiger partial charge in [0.05, 0.1) is 6.54 Å². The van der Waals surface area contributed by atoms with E-state index in [9.17, 15) is 4.79 Å². The zero-order chi connectivity index (χ0) is 15.1. The summed E-state index contributed by atoms with van der Waals surface area (Å²) in [5.41, 5.74) is 8.81. The van der Waals surface area contributed by atoms with Crippen molar-refractivity contribution in [1.82, 2.24) is 5.32 Å². The maximum atomic E-state index is 12.3. The topological polar surface area (TPSA) is 55.1 Å². The average Bonchev–Trinajstić information content (AvgIpc) is 2.53. The summed E-state index contributed by atoms with van der Waals surface area (Å²) in [5.74, 6) is 5.65. The third kappa shape index (κ3) is 4.20. The molecule has 0 saturated carbocycles. The number of amides is 1. The molecule has 0 radical (unpaired) electrons. The van der Waals surface area contributed by atoms with E-state index >= 15 is 0 Å². The van der Waals surface area contributed by atoms with Crippen molar-refractivity contribution < 1.29 is 4.79 Å². The number of hydrogen-bond donors (Lipinski definition) is 2. The number of carbonyl (C=O) groups is 1. The van der Waals surface area contributed by atoms with Crippen molar-refractivity contribution in [2.75, 3.05) is 6.54 Å². The second-order valence-electron chi connectivity index (χ2n) is 4.70. The molecule has 106 valence electrons. The zero-order valence-corrected chi connectivity index (χ0v) is 12.0. The highest BCUT2D eigenvalue weighted by molar-refractivity contribution is 5.95. The Morgan fingerprint density at radius 1 is 1.19 bits per heavy atom. The summed E-state index contributed by atoms with van der Waals surface area (Å²) in [5, 5.41) is 2.93. The Kier molecular flexibility index (Phi) is 5.14. The molecule has 0 fully saturated rings. The Balaban J connectivity index is 2.11. The van der Waals surface area contributed by atoms with E-state index in [0.717, 1.165) is 16.7 Å². The van der Waals surface area contributed by atoms with E-state index in [4.69, 9.17) is 5.73 Å². The van der Waals surface area contributed by atoms with Crippen LogP contribution in [0, 0.1) is 18.8 Å². The van der Waals surface area contributed by atoms with E-state index in [1.165, 1.54) is 0 Å². The van der Waals surface area contributed by atoms with E-state index in [-0.39, 0.29) is 5.91 Å². The maximum absolute atomic E-state index is 12.3. The Morgan fingerprint density at radius 2 is 1.95 bits per heavy atom. The highest BCUT2D eigenvalue weighted by Gasteiger charge is 2.09. The highest BCUT2D eigenvalue weighted by Crippen LogP contribution is 2.11. The molecule has 0 bridgehead atoms. The monoisotopic (exact) mass is 278 g/mol.